The van der Waals surface area contributed by atoms with E-state index < -0.39 is 29.6 Å². The van der Waals surface area contributed by atoms with E-state index in [1.54, 1.807) is 6.92 Å². The molecule has 2 amide bonds. The van der Waals surface area contributed by atoms with Crippen molar-refractivity contribution in [3.63, 3.8) is 0 Å². The second kappa shape index (κ2) is 10.9. The van der Waals surface area contributed by atoms with Crippen molar-refractivity contribution in [1.29, 1.82) is 0 Å². The van der Waals surface area contributed by atoms with Crippen molar-refractivity contribution in [2.45, 2.75) is 77.6 Å². The Hall–Kier alpha value is -2.25. The zero-order chi connectivity index (χ0) is 23.2. The Morgan fingerprint density at radius 1 is 0.968 bits per heavy atom. The molecule has 1 saturated heterocycles. The normalized spacial score (nSPS) is 20.8. The summed E-state index contributed by atoms with van der Waals surface area (Å²) in [6.07, 6.45) is 1.33. The summed E-state index contributed by atoms with van der Waals surface area (Å²) in [5.41, 5.74) is 6.10. The maximum Gasteiger partial charge on any atom is 0.243 e. The molecular weight excluding hydrogens is 394 g/mol. The number of benzene rings is 1. The van der Waals surface area contributed by atoms with Crippen LogP contribution >= 0.6 is 0 Å². The van der Waals surface area contributed by atoms with Crippen LogP contribution in [0.25, 0.3) is 0 Å². The highest BCUT2D eigenvalue weighted by Gasteiger charge is 2.50. The minimum absolute atomic E-state index is 0.129. The fourth-order valence-electron chi connectivity index (χ4n) is 3.55. The van der Waals surface area contributed by atoms with E-state index in [1.807, 2.05) is 58.0 Å². The molecule has 1 heterocycles. The smallest absolute Gasteiger partial charge is 0.243 e. The average Bonchev–Trinajstić information content (AvgIpc) is 3.44. The Kier molecular flexibility index (Phi) is 8.77. The van der Waals surface area contributed by atoms with E-state index in [0.717, 1.165) is 5.56 Å². The molecule has 1 aromatic rings. The van der Waals surface area contributed by atoms with Gasteiger partial charge in [-0.05, 0) is 37.2 Å². The van der Waals surface area contributed by atoms with Crippen molar-refractivity contribution < 1.29 is 19.1 Å². The van der Waals surface area contributed by atoms with Crippen LogP contribution in [0, 0.1) is 11.8 Å². The first-order valence-electron chi connectivity index (χ1n) is 11.1. The van der Waals surface area contributed by atoms with Crippen molar-refractivity contribution in [2.75, 3.05) is 6.61 Å². The van der Waals surface area contributed by atoms with Gasteiger partial charge in [0.2, 0.25) is 11.8 Å². The SMILES string of the molecule is CC(C)CC(N)C(=O)N[C@@H](Cc1ccccc1)C(=O)N[C@@H](CC(C)C)C(=O)[C@@]1(C)CO1. The van der Waals surface area contributed by atoms with Crippen LogP contribution in [0.5, 0.6) is 0 Å². The summed E-state index contributed by atoms with van der Waals surface area (Å²) in [5, 5.41) is 5.68. The first kappa shape index (κ1) is 25.0. The molecule has 4 atom stereocenters. The average molecular weight is 432 g/mol. The Morgan fingerprint density at radius 3 is 2.03 bits per heavy atom. The number of carbonyl (C=O) groups is 3. The van der Waals surface area contributed by atoms with Gasteiger partial charge in [-0.2, -0.15) is 0 Å². The maximum absolute atomic E-state index is 13.2. The molecule has 0 aliphatic carbocycles. The molecule has 1 fully saturated rings. The molecule has 1 aromatic carbocycles. The van der Waals surface area contributed by atoms with E-state index in [2.05, 4.69) is 10.6 Å². The first-order chi connectivity index (χ1) is 14.5. The van der Waals surface area contributed by atoms with Gasteiger partial charge in [0.15, 0.2) is 5.78 Å². The van der Waals surface area contributed by atoms with Crippen LogP contribution in [0.1, 0.15) is 53.0 Å². The Labute approximate surface area is 185 Å². The number of amides is 2. The van der Waals surface area contributed by atoms with Gasteiger partial charge in [0.1, 0.15) is 11.6 Å². The number of Topliss-reactive ketones (excluding diaryl/α,β-unsaturated/α-hetero) is 1. The highest BCUT2D eigenvalue weighted by Crippen LogP contribution is 2.29. The molecule has 7 nitrogen and oxygen atoms in total. The fraction of sp³-hybridized carbons (Fsp3) is 0.625. The van der Waals surface area contributed by atoms with E-state index in [-0.39, 0.29) is 23.5 Å². The number of nitrogens with two attached hydrogens (primary N) is 1. The zero-order valence-corrected chi connectivity index (χ0v) is 19.3. The minimum Gasteiger partial charge on any atom is -0.361 e. The maximum atomic E-state index is 13.2. The van der Waals surface area contributed by atoms with E-state index in [0.29, 0.717) is 25.9 Å². The summed E-state index contributed by atoms with van der Waals surface area (Å²) in [6, 6.07) is 7.26. The van der Waals surface area contributed by atoms with Crippen molar-refractivity contribution in [2.24, 2.45) is 17.6 Å². The van der Waals surface area contributed by atoms with Gasteiger partial charge < -0.3 is 21.1 Å². The molecule has 0 saturated carbocycles. The number of carbonyl (C=O) groups excluding carboxylic acids is 3. The van der Waals surface area contributed by atoms with Gasteiger partial charge in [0.25, 0.3) is 0 Å². The Bertz CT molecular complexity index is 759. The summed E-state index contributed by atoms with van der Waals surface area (Å²) in [4.78, 5) is 38.7. The van der Waals surface area contributed by atoms with E-state index in [4.69, 9.17) is 10.5 Å². The summed E-state index contributed by atoms with van der Waals surface area (Å²) in [6.45, 7) is 10.1. The summed E-state index contributed by atoms with van der Waals surface area (Å²) in [7, 11) is 0. The Balaban J connectivity index is 2.16. The van der Waals surface area contributed by atoms with E-state index >= 15 is 0 Å². The molecule has 1 aliphatic heterocycles. The molecular formula is C24H37N3O4. The second-order valence-corrected chi connectivity index (χ2v) is 9.56. The summed E-state index contributed by atoms with van der Waals surface area (Å²) < 4.78 is 5.30. The second-order valence-electron chi connectivity index (χ2n) is 9.56. The molecule has 0 radical (unpaired) electrons. The predicted molar refractivity (Wildman–Crippen MR) is 120 cm³/mol. The third-order valence-corrected chi connectivity index (χ3v) is 5.42. The van der Waals surface area contributed by atoms with Gasteiger partial charge in [0.05, 0.1) is 18.7 Å². The van der Waals surface area contributed by atoms with Gasteiger partial charge in [0, 0.05) is 6.42 Å². The molecule has 0 bridgehead atoms. The molecule has 2 rings (SSSR count). The van der Waals surface area contributed by atoms with Crippen molar-refractivity contribution in [1.82, 2.24) is 10.6 Å². The quantitative estimate of drug-likeness (QED) is 0.438. The third-order valence-electron chi connectivity index (χ3n) is 5.42. The van der Waals surface area contributed by atoms with Crippen molar-refractivity contribution in [3.8, 4) is 0 Å². The number of rotatable bonds is 12. The molecule has 1 unspecified atom stereocenters. The van der Waals surface area contributed by atoms with Crippen LogP contribution in [0.3, 0.4) is 0 Å². The van der Waals surface area contributed by atoms with Crippen LogP contribution < -0.4 is 16.4 Å². The predicted octanol–water partition coefficient (Wildman–Crippen LogP) is 1.98. The van der Waals surface area contributed by atoms with Crippen LogP contribution in [0.2, 0.25) is 0 Å². The number of nitrogens with one attached hydrogen (secondary N) is 2. The third kappa shape index (κ3) is 7.74. The number of ketones is 1. The highest BCUT2D eigenvalue weighted by molar-refractivity contribution is 5.98. The molecule has 31 heavy (non-hydrogen) atoms. The molecule has 0 aromatic heterocycles. The largest absolute Gasteiger partial charge is 0.361 e. The topological polar surface area (TPSA) is 114 Å². The lowest BCUT2D eigenvalue weighted by molar-refractivity contribution is -0.133. The van der Waals surface area contributed by atoms with Crippen molar-refractivity contribution in [3.05, 3.63) is 35.9 Å². The molecule has 1 aliphatic rings. The van der Waals surface area contributed by atoms with Gasteiger partial charge in [-0.25, -0.2) is 0 Å². The monoisotopic (exact) mass is 431 g/mol. The van der Waals surface area contributed by atoms with Crippen LogP contribution in [0.15, 0.2) is 30.3 Å². The molecule has 0 spiro atoms. The molecule has 4 N–H and O–H groups in total. The lowest BCUT2D eigenvalue weighted by Crippen LogP contribution is -2.56. The fourth-order valence-corrected chi connectivity index (χ4v) is 3.55. The van der Waals surface area contributed by atoms with Crippen LogP contribution in [0.4, 0.5) is 0 Å². The standard InChI is InChI=1S/C24H37N3O4/c1-15(2)11-18(25)22(29)27-20(13-17-9-7-6-8-10-17)23(30)26-19(12-16(3)4)21(28)24(5)14-31-24/h6-10,15-16,18-20H,11-14,25H2,1-5H3,(H,26,30)(H,27,29)/t18?,19-,20-,24+/m0/s1. The number of hydrogen-bond acceptors (Lipinski definition) is 5. The first-order valence-corrected chi connectivity index (χ1v) is 11.1. The van der Waals surface area contributed by atoms with E-state index in [9.17, 15) is 14.4 Å². The summed E-state index contributed by atoms with van der Waals surface area (Å²) in [5.74, 6) is -0.422. The van der Waals surface area contributed by atoms with Crippen LogP contribution in [-0.2, 0) is 25.5 Å². The Morgan fingerprint density at radius 2 is 1.52 bits per heavy atom. The van der Waals surface area contributed by atoms with Gasteiger partial charge in [-0.3, -0.25) is 14.4 Å². The van der Waals surface area contributed by atoms with Gasteiger partial charge in [-0.1, -0.05) is 58.0 Å². The minimum atomic E-state index is -0.830. The molecule has 7 heteroatoms. The van der Waals surface area contributed by atoms with Gasteiger partial charge >= 0.3 is 0 Å². The molecule has 172 valence electrons. The highest BCUT2D eigenvalue weighted by atomic mass is 16.6. The van der Waals surface area contributed by atoms with Crippen LogP contribution in [-0.4, -0.2) is 47.9 Å². The lowest BCUT2D eigenvalue weighted by atomic mass is 9.93. The lowest BCUT2D eigenvalue weighted by Gasteiger charge is -2.26. The summed E-state index contributed by atoms with van der Waals surface area (Å²) >= 11 is 0. The number of hydrogen-bond donors (Lipinski definition) is 3. The van der Waals surface area contributed by atoms with Gasteiger partial charge in [-0.15, -0.1) is 0 Å². The zero-order valence-electron chi connectivity index (χ0n) is 19.3. The van der Waals surface area contributed by atoms with E-state index in [1.165, 1.54) is 0 Å². The van der Waals surface area contributed by atoms with Crippen molar-refractivity contribution >= 4 is 17.6 Å². The number of ether oxygens (including phenoxy) is 1. The number of epoxide rings is 1.